The largest absolute Gasteiger partial charge is 0.340 e. The molecule has 2 N–H and O–H groups in total. The third-order valence-electron chi connectivity index (χ3n) is 5.09. The zero-order valence-corrected chi connectivity index (χ0v) is 15.5. The molecule has 7 nitrogen and oxygen atoms in total. The van der Waals surface area contributed by atoms with Gasteiger partial charge >= 0.3 is 0 Å². The molecule has 1 atom stereocenters. The van der Waals surface area contributed by atoms with E-state index < -0.39 is 17.3 Å². The van der Waals surface area contributed by atoms with Crippen LogP contribution in [0.1, 0.15) is 23.5 Å². The van der Waals surface area contributed by atoms with Gasteiger partial charge in [0.05, 0.1) is 5.56 Å². The minimum atomic E-state index is -0.778. The van der Waals surface area contributed by atoms with Gasteiger partial charge in [-0.2, -0.15) is 4.98 Å². The third-order valence-corrected chi connectivity index (χ3v) is 5.42. The maximum absolute atomic E-state index is 14.4. The van der Waals surface area contributed by atoms with Crippen LogP contribution in [0.15, 0.2) is 23.0 Å². The second-order valence-electron chi connectivity index (χ2n) is 6.88. The van der Waals surface area contributed by atoms with Crippen molar-refractivity contribution < 1.29 is 9.18 Å². The second kappa shape index (κ2) is 6.94. The second-order valence-corrected chi connectivity index (χ2v) is 7.29. The number of aromatic amines is 1. The van der Waals surface area contributed by atoms with Gasteiger partial charge < -0.3 is 15.1 Å². The molecule has 0 radical (unpaired) electrons. The number of hydrogen-bond donors (Lipinski definition) is 2. The summed E-state index contributed by atoms with van der Waals surface area (Å²) in [4.78, 5) is 36.5. The van der Waals surface area contributed by atoms with E-state index in [-0.39, 0.29) is 34.3 Å². The number of H-pyrrole nitrogens is 1. The molecule has 9 heteroatoms. The molecule has 4 rings (SSSR count). The third kappa shape index (κ3) is 3.30. The first-order valence-corrected chi connectivity index (χ1v) is 9.13. The van der Waals surface area contributed by atoms with Crippen LogP contribution in [0.5, 0.6) is 0 Å². The van der Waals surface area contributed by atoms with Gasteiger partial charge in [-0.15, -0.1) is 0 Å². The molecule has 2 aliphatic rings. The molecule has 1 saturated heterocycles. The van der Waals surface area contributed by atoms with Gasteiger partial charge in [-0.05, 0) is 19.2 Å². The first kappa shape index (κ1) is 17.9. The Morgan fingerprint density at radius 1 is 1.19 bits per heavy atom. The number of piperazine rings is 1. The standard InChI is InChI=1S/C18H19ClFN5O2/c1-24-5-7-25(8-6-24)18-22-16-15(17(27)23-18)10(9-13(26)21-16)14-11(19)3-2-4-12(14)20/h2-4,10H,5-9H2,1H3,(H2,21,22,23,26,27)/t10-/m0/s1. The van der Waals surface area contributed by atoms with Crippen molar-refractivity contribution in [1.82, 2.24) is 14.9 Å². The molecule has 0 spiro atoms. The highest BCUT2D eigenvalue weighted by atomic mass is 35.5. The number of likely N-dealkylation sites (N-methyl/N-ethyl adjacent to an activating group) is 1. The lowest BCUT2D eigenvalue weighted by atomic mass is 9.86. The van der Waals surface area contributed by atoms with Gasteiger partial charge in [0, 0.05) is 49.1 Å². The molecule has 27 heavy (non-hydrogen) atoms. The highest BCUT2D eigenvalue weighted by molar-refractivity contribution is 6.31. The van der Waals surface area contributed by atoms with Crippen molar-refractivity contribution >= 4 is 29.3 Å². The van der Waals surface area contributed by atoms with Gasteiger partial charge in [0.2, 0.25) is 11.9 Å². The minimum Gasteiger partial charge on any atom is -0.340 e. The van der Waals surface area contributed by atoms with E-state index in [0.29, 0.717) is 5.95 Å². The van der Waals surface area contributed by atoms with Crippen molar-refractivity contribution in [1.29, 1.82) is 0 Å². The molecule has 0 bridgehead atoms. The number of benzene rings is 1. The molecule has 2 aromatic rings. The Bertz CT molecular complexity index is 935. The van der Waals surface area contributed by atoms with Crippen molar-refractivity contribution in [3.05, 3.63) is 50.5 Å². The maximum atomic E-state index is 14.4. The summed E-state index contributed by atoms with van der Waals surface area (Å²) < 4.78 is 14.4. The lowest BCUT2D eigenvalue weighted by Gasteiger charge is -2.33. The Morgan fingerprint density at radius 2 is 1.93 bits per heavy atom. The highest BCUT2D eigenvalue weighted by Gasteiger charge is 2.34. The number of aromatic nitrogens is 2. The van der Waals surface area contributed by atoms with Gasteiger partial charge in [0.1, 0.15) is 11.6 Å². The van der Waals surface area contributed by atoms with Crippen LogP contribution in [0.25, 0.3) is 0 Å². The molecule has 2 aliphatic heterocycles. The van der Waals surface area contributed by atoms with Crippen LogP contribution in [0.2, 0.25) is 5.02 Å². The zero-order chi connectivity index (χ0) is 19.1. The van der Waals surface area contributed by atoms with Crippen LogP contribution in [-0.4, -0.2) is 54.0 Å². The fourth-order valence-electron chi connectivity index (χ4n) is 3.62. The Balaban J connectivity index is 1.79. The Kier molecular flexibility index (Phi) is 4.61. The van der Waals surface area contributed by atoms with Crippen LogP contribution < -0.4 is 15.8 Å². The molecule has 1 amide bonds. The number of rotatable bonds is 2. The fourth-order valence-corrected chi connectivity index (χ4v) is 3.91. The van der Waals surface area contributed by atoms with E-state index in [4.69, 9.17) is 11.6 Å². The van der Waals surface area contributed by atoms with Crippen molar-refractivity contribution in [2.45, 2.75) is 12.3 Å². The number of fused-ring (bicyclic) bond motifs is 1. The molecule has 1 fully saturated rings. The summed E-state index contributed by atoms with van der Waals surface area (Å²) in [6.45, 7) is 3.13. The van der Waals surface area contributed by atoms with Crippen LogP contribution in [0, 0.1) is 5.82 Å². The predicted octanol–water partition coefficient (Wildman–Crippen LogP) is 1.79. The molecular weight excluding hydrogens is 373 g/mol. The fraction of sp³-hybridized carbons (Fsp3) is 0.389. The summed E-state index contributed by atoms with van der Waals surface area (Å²) in [5.41, 5.74) is -0.00682. The monoisotopic (exact) mass is 391 g/mol. The van der Waals surface area contributed by atoms with Crippen molar-refractivity contribution in [3.63, 3.8) is 0 Å². The Hall–Kier alpha value is -2.45. The minimum absolute atomic E-state index is 0.0632. The van der Waals surface area contributed by atoms with E-state index in [1.807, 2.05) is 11.9 Å². The first-order chi connectivity index (χ1) is 12.9. The van der Waals surface area contributed by atoms with E-state index in [2.05, 4.69) is 20.2 Å². The van der Waals surface area contributed by atoms with Gasteiger partial charge in [-0.1, -0.05) is 17.7 Å². The van der Waals surface area contributed by atoms with Crippen molar-refractivity contribution in [3.8, 4) is 0 Å². The lowest BCUT2D eigenvalue weighted by Crippen LogP contribution is -2.46. The Labute approximate surface area is 160 Å². The molecule has 1 aromatic heterocycles. The van der Waals surface area contributed by atoms with Gasteiger partial charge in [0.15, 0.2) is 0 Å². The van der Waals surface area contributed by atoms with E-state index in [1.165, 1.54) is 12.1 Å². The number of carbonyl (C=O) groups excluding carboxylic acids is 1. The summed E-state index contributed by atoms with van der Waals surface area (Å²) in [5.74, 6) is -1.06. The van der Waals surface area contributed by atoms with Crippen LogP contribution in [0.3, 0.4) is 0 Å². The number of amides is 1. The van der Waals surface area contributed by atoms with Crippen LogP contribution in [0.4, 0.5) is 16.2 Å². The number of nitrogens with one attached hydrogen (secondary N) is 2. The molecule has 142 valence electrons. The summed E-state index contributed by atoms with van der Waals surface area (Å²) in [7, 11) is 2.03. The summed E-state index contributed by atoms with van der Waals surface area (Å²) in [6, 6.07) is 4.31. The number of anilines is 2. The normalized spacial score (nSPS) is 20.3. The van der Waals surface area contributed by atoms with Crippen molar-refractivity contribution in [2.24, 2.45) is 0 Å². The topological polar surface area (TPSA) is 81.3 Å². The van der Waals surface area contributed by atoms with Crippen LogP contribution in [-0.2, 0) is 4.79 Å². The van der Waals surface area contributed by atoms with Crippen LogP contribution >= 0.6 is 11.6 Å². The predicted molar refractivity (Wildman–Crippen MR) is 101 cm³/mol. The van der Waals surface area contributed by atoms with Gasteiger partial charge in [-0.3, -0.25) is 14.6 Å². The smallest absolute Gasteiger partial charge is 0.258 e. The molecule has 1 aromatic carbocycles. The first-order valence-electron chi connectivity index (χ1n) is 8.75. The average Bonchev–Trinajstić information content (AvgIpc) is 2.61. The average molecular weight is 392 g/mol. The summed E-state index contributed by atoms with van der Waals surface area (Å²) >= 11 is 6.18. The van der Waals surface area contributed by atoms with E-state index >= 15 is 0 Å². The number of hydrogen-bond acceptors (Lipinski definition) is 5. The molecule has 3 heterocycles. The summed E-state index contributed by atoms with van der Waals surface area (Å²) in [6.07, 6.45) is -0.0632. The zero-order valence-electron chi connectivity index (χ0n) is 14.8. The van der Waals surface area contributed by atoms with E-state index in [1.54, 1.807) is 6.07 Å². The summed E-state index contributed by atoms with van der Waals surface area (Å²) in [5, 5.41) is 2.84. The molecule has 0 unspecified atom stereocenters. The van der Waals surface area contributed by atoms with Crippen molar-refractivity contribution in [2.75, 3.05) is 43.4 Å². The SMILES string of the molecule is CN1CCN(c2nc3c(c(=O)[nH]2)[C@H](c2c(F)cccc2Cl)CC(=O)N3)CC1. The number of nitrogens with zero attached hydrogens (tertiary/aromatic N) is 3. The molecular formula is C18H19ClFN5O2. The number of carbonyl (C=O) groups is 1. The molecule has 0 saturated carbocycles. The lowest BCUT2D eigenvalue weighted by molar-refractivity contribution is -0.116. The maximum Gasteiger partial charge on any atom is 0.258 e. The number of halogens is 2. The van der Waals surface area contributed by atoms with Gasteiger partial charge in [-0.25, -0.2) is 4.39 Å². The molecule has 0 aliphatic carbocycles. The highest BCUT2D eigenvalue weighted by Crippen LogP contribution is 2.38. The van der Waals surface area contributed by atoms with E-state index in [0.717, 1.165) is 26.2 Å². The van der Waals surface area contributed by atoms with Gasteiger partial charge in [0.25, 0.3) is 5.56 Å². The Morgan fingerprint density at radius 3 is 2.63 bits per heavy atom. The quantitative estimate of drug-likeness (QED) is 0.815. The van der Waals surface area contributed by atoms with E-state index in [9.17, 15) is 14.0 Å².